The highest BCUT2D eigenvalue weighted by molar-refractivity contribution is 7.98. The van der Waals surface area contributed by atoms with E-state index in [1.807, 2.05) is 37.7 Å². The maximum atomic E-state index is 5.76. The molecule has 0 aliphatic carbocycles. The highest BCUT2D eigenvalue weighted by atomic mass is 32.2. The number of ether oxygens (including phenoxy) is 1. The molecule has 0 saturated carbocycles. The highest BCUT2D eigenvalue weighted by Crippen LogP contribution is 2.25. The van der Waals surface area contributed by atoms with E-state index in [4.69, 9.17) is 10.5 Å². The number of hydrogen-bond donors (Lipinski definition) is 1. The van der Waals surface area contributed by atoms with E-state index in [0.29, 0.717) is 0 Å². The first-order chi connectivity index (χ1) is 7.15. The molecule has 84 valence electrons. The van der Waals surface area contributed by atoms with E-state index in [0.717, 1.165) is 41.3 Å². The van der Waals surface area contributed by atoms with Gasteiger partial charge in [-0.1, -0.05) is 0 Å². The zero-order chi connectivity index (χ0) is 11.3. The zero-order valence-corrected chi connectivity index (χ0v) is 10.5. The summed E-state index contributed by atoms with van der Waals surface area (Å²) in [6.45, 7) is 4.85. The minimum atomic E-state index is 0.784. The first kappa shape index (κ1) is 12.2. The van der Waals surface area contributed by atoms with Crippen molar-refractivity contribution in [3.05, 3.63) is 23.3 Å². The van der Waals surface area contributed by atoms with Crippen molar-refractivity contribution in [3.63, 3.8) is 0 Å². The van der Waals surface area contributed by atoms with Crippen molar-refractivity contribution in [1.82, 2.24) is 0 Å². The molecule has 0 radical (unpaired) electrons. The Balaban J connectivity index is 2.60. The third kappa shape index (κ3) is 3.67. The van der Waals surface area contributed by atoms with Crippen molar-refractivity contribution in [2.24, 2.45) is 0 Å². The van der Waals surface area contributed by atoms with Crippen molar-refractivity contribution in [2.45, 2.75) is 20.3 Å². The molecule has 1 aromatic carbocycles. The van der Waals surface area contributed by atoms with Gasteiger partial charge in [-0.25, -0.2) is 0 Å². The SMILES string of the molecule is CSCCCOc1c(C)cc(N)cc1C. The van der Waals surface area contributed by atoms with E-state index < -0.39 is 0 Å². The molecule has 0 amide bonds. The van der Waals surface area contributed by atoms with Crippen LogP contribution in [0.15, 0.2) is 12.1 Å². The fourth-order valence-electron chi connectivity index (χ4n) is 1.59. The van der Waals surface area contributed by atoms with E-state index in [-0.39, 0.29) is 0 Å². The Kier molecular flexibility index (Phi) is 4.82. The molecule has 2 N–H and O–H groups in total. The van der Waals surface area contributed by atoms with Crippen LogP contribution < -0.4 is 10.5 Å². The van der Waals surface area contributed by atoms with Gasteiger partial charge in [-0.3, -0.25) is 0 Å². The summed E-state index contributed by atoms with van der Waals surface area (Å²) in [5, 5.41) is 0. The molecule has 0 heterocycles. The Morgan fingerprint density at radius 1 is 1.27 bits per heavy atom. The number of nitrogen functional groups attached to an aromatic ring is 1. The molecule has 1 rings (SSSR count). The molecule has 0 fully saturated rings. The van der Waals surface area contributed by atoms with Crippen molar-refractivity contribution >= 4 is 17.4 Å². The molecule has 0 unspecified atom stereocenters. The topological polar surface area (TPSA) is 35.2 Å². The smallest absolute Gasteiger partial charge is 0.125 e. The number of hydrogen-bond acceptors (Lipinski definition) is 3. The average Bonchev–Trinajstić information content (AvgIpc) is 2.15. The van der Waals surface area contributed by atoms with Gasteiger partial charge in [0, 0.05) is 5.69 Å². The second-order valence-electron chi connectivity index (χ2n) is 3.68. The van der Waals surface area contributed by atoms with Crippen LogP contribution in [0.5, 0.6) is 5.75 Å². The summed E-state index contributed by atoms with van der Waals surface area (Å²) in [6, 6.07) is 3.91. The summed E-state index contributed by atoms with van der Waals surface area (Å²) in [5.74, 6) is 2.14. The molecule has 0 aliphatic heterocycles. The summed E-state index contributed by atoms with van der Waals surface area (Å²) in [5.41, 5.74) is 8.80. The second kappa shape index (κ2) is 5.91. The van der Waals surface area contributed by atoms with E-state index in [1.54, 1.807) is 0 Å². The Morgan fingerprint density at radius 3 is 2.40 bits per heavy atom. The van der Waals surface area contributed by atoms with Gasteiger partial charge in [-0.05, 0) is 55.5 Å². The minimum Gasteiger partial charge on any atom is -0.493 e. The van der Waals surface area contributed by atoms with E-state index in [1.165, 1.54) is 0 Å². The Hall–Kier alpha value is -0.830. The maximum Gasteiger partial charge on any atom is 0.125 e. The predicted molar refractivity (Wildman–Crippen MR) is 68.8 cm³/mol. The van der Waals surface area contributed by atoms with Crippen molar-refractivity contribution in [2.75, 3.05) is 24.3 Å². The molecular weight excluding hydrogens is 206 g/mol. The van der Waals surface area contributed by atoms with Crippen LogP contribution in [0.4, 0.5) is 5.69 Å². The molecule has 3 heteroatoms. The Morgan fingerprint density at radius 2 is 1.87 bits per heavy atom. The first-order valence-electron chi connectivity index (χ1n) is 5.13. The van der Waals surface area contributed by atoms with Crippen LogP contribution in [-0.4, -0.2) is 18.6 Å². The molecule has 0 spiro atoms. The van der Waals surface area contributed by atoms with Crippen molar-refractivity contribution < 1.29 is 4.74 Å². The van der Waals surface area contributed by atoms with Crippen LogP contribution in [0.2, 0.25) is 0 Å². The third-order valence-electron chi connectivity index (χ3n) is 2.22. The molecule has 0 saturated heterocycles. The zero-order valence-electron chi connectivity index (χ0n) is 9.67. The lowest BCUT2D eigenvalue weighted by Gasteiger charge is -2.12. The summed E-state index contributed by atoms with van der Waals surface area (Å²) in [6.07, 6.45) is 3.20. The van der Waals surface area contributed by atoms with Crippen LogP contribution in [0.1, 0.15) is 17.5 Å². The van der Waals surface area contributed by atoms with Gasteiger partial charge in [-0.15, -0.1) is 0 Å². The standard InChI is InChI=1S/C12H19NOS/c1-9-7-11(13)8-10(2)12(9)14-5-4-6-15-3/h7-8H,4-6,13H2,1-3H3. The number of thioether (sulfide) groups is 1. The summed E-state index contributed by atoms with van der Waals surface area (Å²) in [4.78, 5) is 0. The molecule has 0 atom stereocenters. The number of nitrogens with two attached hydrogens (primary N) is 1. The maximum absolute atomic E-state index is 5.76. The predicted octanol–water partition coefficient (Wildman–Crippen LogP) is 3.02. The summed E-state index contributed by atoms with van der Waals surface area (Å²) >= 11 is 1.85. The quantitative estimate of drug-likeness (QED) is 0.618. The van der Waals surface area contributed by atoms with Crippen LogP contribution in [-0.2, 0) is 0 Å². The van der Waals surface area contributed by atoms with E-state index in [9.17, 15) is 0 Å². The van der Waals surface area contributed by atoms with Crippen LogP contribution in [0.25, 0.3) is 0 Å². The molecule has 0 aromatic heterocycles. The first-order valence-corrected chi connectivity index (χ1v) is 6.53. The highest BCUT2D eigenvalue weighted by Gasteiger charge is 2.04. The lowest BCUT2D eigenvalue weighted by Crippen LogP contribution is -2.02. The second-order valence-corrected chi connectivity index (χ2v) is 4.66. The number of anilines is 1. The molecular formula is C12H19NOS. The van der Waals surface area contributed by atoms with Crippen molar-refractivity contribution in [1.29, 1.82) is 0 Å². The Labute approximate surface area is 96.2 Å². The molecule has 0 aliphatic rings. The molecule has 1 aromatic rings. The van der Waals surface area contributed by atoms with Crippen LogP contribution in [0, 0.1) is 13.8 Å². The number of aryl methyl sites for hydroxylation is 2. The van der Waals surface area contributed by atoms with Gasteiger partial charge < -0.3 is 10.5 Å². The monoisotopic (exact) mass is 225 g/mol. The van der Waals surface area contributed by atoms with Gasteiger partial charge in [0.1, 0.15) is 5.75 Å². The molecule has 2 nitrogen and oxygen atoms in total. The van der Waals surface area contributed by atoms with E-state index >= 15 is 0 Å². The lowest BCUT2D eigenvalue weighted by atomic mass is 10.1. The van der Waals surface area contributed by atoms with Crippen LogP contribution in [0.3, 0.4) is 0 Å². The number of benzene rings is 1. The Bertz CT molecular complexity index is 302. The third-order valence-corrected chi connectivity index (χ3v) is 2.92. The normalized spacial score (nSPS) is 10.3. The molecule has 15 heavy (non-hydrogen) atoms. The lowest BCUT2D eigenvalue weighted by molar-refractivity contribution is 0.314. The van der Waals surface area contributed by atoms with Crippen molar-refractivity contribution in [3.8, 4) is 5.75 Å². The van der Waals surface area contributed by atoms with Gasteiger partial charge in [0.15, 0.2) is 0 Å². The summed E-state index contributed by atoms with van der Waals surface area (Å²) < 4.78 is 5.76. The van der Waals surface area contributed by atoms with Gasteiger partial charge in [0.25, 0.3) is 0 Å². The average molecular weight is 225 g/mol. The summed E-state index contributed by atoms with van der Waals surface area (Å²) in [7, 11) is 0. The van der Waals surface area contributed by atoms with Gasteiger partial charge in [0.05, 0.1) is 6.61 Å². The van der Waals surface area contributed by atoms with Gasteiger partial charge in [-0.2, -0.15) is 11.8 Å². The van der Waals surface area contributed by atoms with Crippen LogP contribution >= 0.6 is 11.8 Å². The molecule has 0 bridgehead atoms. The van der Waals surface area contributed by atoms with Gasteiger partial charge in [0.2, 0.25) is 0 Å². The van der Waals surface area contributed by atoms with E-state index in [2.05, 4.69) is 6.26 Å². The number of rotatable bonds is 5. The minimum absolute atomic E-state index is 0.784. The largest absolute Gasteiger partial charge is 0.493 e. The van der Waals surface area contributed by atoms with Gasteiger partial charge >= 0.3 is 0 Å². The fraction of sp³-hybridized carbons (Fsp3) is 0.500. The fourth-order valence-corrected chi connectivity index (χ4v) is 2.00.